The quantitative estimate of drug-likeness (QED) is 0.653. The second kappa shape index (κ2) is 5.93. The first-order chi connectivity index (χ1) is 9.98. The predicted octanol–water partition coefficient (Wildman–Crippen LogP) is 3.22. The minimum atomic E-state index is -0.792. The summed E-state index contributed by atoms with van der Waals surface area (Å²) < 4.78 is 0. The lowest BCUT2D eigenvalue weighted by Crippen LogP contribution is -2.36. The summed E-state index contributed by atoms with van der Waals surface area (Å²) >= 11 is 0. The molecule has 0 heterocycles. The molecule has 2 aromatic rings. The molecule has 0 bridgehead atoms. The number of aryl methyl sites for hydroxylation is 1. The van der Waals surface area contributed by atoms with Crippen molar-refractivity contribution in [2.45, 2.75) is 19.4 Å². The lowest BCUT2D eigenvalue weighted by atomic mass is 9.92. The topological polar surface area (TPSA) is 75.4 Å². The van der Waals surface area contributed by atoms with E-state index in [1.165, 1.54) is 0 Å². The van der Waals surface area contributed by atoms with Crippen molar-refractivity contribution in [1.29, 1.82) is 0 Å². The number of nitrogens with one attached hydrogen (secondary N) is 1. The van der Waals surface area contributed by atoms with Gasteiger partial charge in [-0.1, -0.05) is 42.5 Å². The average molecular weight is 286 g/mol. The number of anilines is 1. The van der Waals surface area contributed by atoms with Gasteiger partial charge in [-0.3, -0.25) is 10.1 Å². The summed E-state index contributed by atoms with van der Waals surface area (Å²) in [5.41, 5.74) is 1.09. The van der Waals surface area contributed by atoms with Crippen molar-refractivity contribution in [3.05, 3.63) is 69.8 Å². The second-order valence-corrected chi connectivity index (χ2v) is 5.21. The van der Waals surface area contributed by atoms with E-state index in [1.54, 1.807) is 25.1 Å². The Morgan fingerprint density at radius 1 is 1.19 bits per heavy atom. The highest BCUT2D eigenvalue weighted by molar-refractivity contribution is 5.66. The minimum Gasteiger partial charge on any atom is -0.394 e. The summed E-state index contributed by atoms with van der Waals surface area (Å²) in [7, 11) is 0. The summed E-state index contributed by atoms with van der Waals surface area (Å²) in [5.74, 6) is 0. The number of aliphatic hydroxyl groups is 1. The van der Waals surface area contributed by atoms with Gasteiger partial charge >= 0.3 is 0 Å². The molecule has 2 rings (SSSR count). The molecule has 0 spiro atoms. The molecular weight excluding hydrogens is 268 g/mol. The van der Waals surface area contributed by atoms with Crippen LogP contribution in [0.4, 0.5) is 11.4 Å². The summed E-state index contributed by atoms with van der Waals surface area (Å²) in [6.07, 6.45) is 0. The maximum absolute atomic E-state index is 11.3. The third kappa shape index (κ3) is 3.03. The van der Waals surface area contributed by atoms with Crippen LogP contribution in [-0.4, -0.2) is 16.6 Å². The minimum absolute atomic E-state index is 0.0353. The van der Waals surface area contributed by atoms with Crippen molar-refractivity contribution < 1.29 is 10.0 Å². The molecule has 0 saturated carbocycles. The second-order valence-electron chi connectivity index (χ2n) is 5.21. The zero-order valence-corrected chi connectivity index (χ0v) is 12.0. The zero-order chi connectivity index (χ0) is 15.5. The first-order valence-corrected chi connectivity index (χ1v) is 6.66. The third-order valence-corrected chi connectivity index (χ3v) is 3.56. The Balaban J connectivity index is 2.45. The Labute approximate surface area is 123 Å². The molecule has 2 aromatic carbocycles. The molecule has 5 heteroatoms. The molecule has 1 atom stereocenters. The van der Waals surface area contributed by atoms with Gasteiger partial charge < -0.3 is 10.4 Å². The molecule has 0 aliphatic rings. The fourth-order valence-corrected chi connectivity index (χ4v) is 2.31. The Kier molecular flexibility index (Phi) is 4.23. The van der Waals surface area contributed by atoms with Gasteiger partial charge in [0.2, 0.25) is 0 Å². The van der Waals surface area contributed by atoms with E-state index in [0.29, 0.717) is 11.3 Å². The number of para-hydroxylation sites is 1. The summed E-state index contributed by atoms with van der Waals surface area (Å²) in [5, 5.41) is 24.1. The van der Waals surface area contributed by atoms with E-state index in [4.69, 9.17) is 0 Å². The lowest BCUT2D eigenvalue weighted by Gasteiger charge is -2.30. The summed E-state index contributed by atoms with van der Waals surface area (Å²) in [4.78, 5) is 10.9. The van der Waals surface area contributed by atoms with Crippen molar-refractivity contribution in [1.82, 2.24) is 0 Å². The first kappa shape index (κ1) is 15.0. The molecule has 110 valence electrons. The van der Waals surface area contributed by atoms with Crippen molar-refractivity contribution in [3.8, 4) is 0 Å². The van der Waals surface area contributed by atoms with Gasteiger partial charge in [0.15, 0.2) is 0 Å². The average Bonchev–Trinajstić information content (AvgIpc) is 2.47. The van der Waals surface area contributed by atoms with Gasteiger partial charge in [-0.25, -0.2) is 0 Å². The molecule has 1 unspecified atom stereocenters. The molecule has 0 aliphatic carbocycles. The molecule has 2 N–H and O–H groups in total. The van der Waals surface area contributed by atoms with Crippen LogP contribution in [0.25, 0.3) is 0 Å². The van der Waals surface area contributed by atoms with E-state index in [1.807, 2.05) is 37.3 Å². The number of nitro benzene ring substituents is 1. The van der Waals surface area contributed by atoms with Crippen LogP contribution in [0.5, 0.6) is 0 Å². The van der Waals surface area contributed by atoms with Crippen LogP contribution in [0.15, 0.2) is 48.5 Å². The maximum atomic E-state index is 11.3. The molecular formula is C16H18N2O3. The van der Waals surface area contributed by atoms with Crippen molar-refractivity contribution in [3.63, 3.8) is 0 Å². The molecule has 0 fully saturated rings. The molecule has 0 aliphatic heterocycles. The number of nitro groups is 1. The fraction of sp³-hybridized carbons (Fsp3) is 0.250. The first-order valence-electron chi connectivity index (χ1n) is 6.66. The number of hydrogen-bond acceptors (Lipinski definition) is 4. The summed E-state index contributed by atoms with van der Waals surface area (Å²) in [6.45, 7) is 3.33. The Morgan fingerprint density at radius 2 is 1.86 bits per heavy atom. The van der Waals surface area contributed by atoms with Gasteiger partial charge in [-0.05, 0) is 25.5 Å². The van der Waals surface area contributed by atoms with E-state index in [-0.39, 0.29) is 12.3 Å². The highest BCUT2D eigenvalue weighted by Gasteiger charge is 2.29. The zero-order valence-electron chi connectivity index (χ0n) is 12.0. The molecule has 0 radical (unpaired) electrons. The van der Waals surface area contributed by atoms with Crippen LogP contribution in [-0.2, 0) is 5.54 Å². The lowest BCUT2D eigenvalue weighted by molar-refractivity contribution is -0.384. The molecule has 5 nitrogen and oxygen atoms in total. The van der Waals surface area contributed by atoms with Gasteiger partial charge in [0, 0.05) is 5.56 Å². The molecule has 21 heavy (non-hydrogen) atoms. The predicted molar refractivity (Wildman–Crippen MR) is 82.3 cm³/mol. The monoisotopic (exact) mass is 286 g/mol. The number of hydrogen-bond donors (Lipinski definition) is 2. The Hall–Kier alpha value is -2.40. The van der Waals surface area contributed by atoms with Gasteiger partial charge in [0.05, 0.1) is 17.1 Å². The van der Waals surface area contributed by atoms with Crippen LogP contribution in [0.3, 0.4) is 0 Å². The van der Waals surface area contributed by atoms with Crippen LogP contribution < -0.4 is 5.32 Å². The molecule has 0 saturated heterocycles. The normalized spacial score (nSPS) is 13.5. The van der Waals surface area contributed by atoms with Crippen molar-refractivity contribution >= 4 is 11.4 Å². The van der Waals surface area contributed by atoms with E-state index in [0.717, 1.165) is 5.56 Å². The number of rotatable bonds is 5. The smallest absolute Gasteiger partial charge is 0.295 e. The fourth-order valence-electron chi connectivity index (χ4n) is 2.31. The summed E-state index contributed by atoms with van der Waals surface area (Å²) in [6, 6.07) is 14.5. The van der Waals surface area contributed by atoms with Gasteiger partial charge in [0.1, 0.15) is 5.69 Å². The molecule has 0 aromatic heterocycles. The molecule has 0 amide bonds. The van der Waals surface area contributed by atoms with Gasteiger partial charge in [-0.15, -0.1) is 0 Å². The number of benzene rings is 2. The van der Waals surface area contributed by atoms with E-state index in [9.17, 15) is 15.2 Å². The van der Waals surface area contributed by atoms with Crippen LogP contribution >= 0.6 is 0 Å². The highest BCUT2D eigenvalue weighted by atomic mass is 16.6. The Morgan fingerprint density at radius 3 is 2.43 bits per heavy atom. The van der Waals surface area contributed by atoms with Crippen molar-refractivity contribution in [2.24, 2.45) is 0 Å². The SMILES string of the molecule is Cc1cccc(NC(C)(CO)c2ccccc2)c1[N+](=O)[O-]. The maximum Gasteiger partial charge on any atom is 0.295 e. The van der Waals surface area contributed by atoms with E-state index >= 15 is 0 Å². The van der Waals surface area contributed by atoms with E-state index < -0.39 is 10.5 Å². The van der Waals surface area contributed by atoms with Crippen LogP contribution in [0.2, 0.25) is 0 Å². The third-order valence-electron chi connectivity index (χ3n) is 3.56. The van der Waals surface area contributed by atoms with Gasteiger partial charge in [0.25, 0.3) is 5.69 Å². The van der Waals surface area contributed by atoms with Gasteiger partial charge in [-0.2, -0.15) is 0 Å². The number of nitrogens with zero attached hydrogens (tertiary/aromatic N) is 1. The highest BCUT2D eigenvalue weighted by Crippen LogP contribution is 2.33. The van der Waals surface area contributed by atoms with Crippen LogP contribution in [0, 0.1) is 17.0 Å². The van der Waals surface area contributed by atoms with Crippen LogP contribution in [0.1, 0.15) is 18.1 Å². The Bertz CT molecular complexity index is 643. The van der Waals surface area contributed by atoms with E-state index in [2.05, 4.69) is 5.32 Å². The number of aliphatic hydroxyl groups excluding tert-OH is 1. The largest absolute Gasteiger partial charge is 0.394 e. The van der Waals surface area contributed by atoms with Crippen molar-refractivity contribution in [2.75, 3.05) is 11.9 Å². The standard InChI is InChI=1S/C16H18N2O3/c1-12-7-6-10-14(15(12)18(20)21)17-16(2,11-19)13-8-4-3-5-9-13/h3-10,17,19H,11H2,1-2H3.